The van der Waals surface area contributed by atoms with E-state index in [-0.39, 0.29) is 12.5 Å². The fraction of sp³-hybridized carbons (Fsp3) is 0.909. The summed E-state index contributed by atoms with van der Waals surface area (Å²) in [6.45, 7) is 6.79. The van der Waals surface area contributed by atoms with Crippen molar-refractivity contribution in [1.82, 2.24) is 0 Å². The molecule has 0 radical (unpaired) electrons. The van der Waals surface area contributed by atoms with Crippen LogP contribution in [0.3, 0.4) is 0 Å². The van der Waals surface area contributed by atoms with E-state index in [0.717, 1.165) is 38.5 Å². The van der Waals surface area contributed by atoms with Crippen molar-refractivity contribution in [1.29, 1.82) is 0 Å². The van der Waals surface area contributed by atoms with E-state index in [1.807, 2.05) is 0 Å². The molecule has 0 spiro atoms. The number of carbonyl (C=O) groups is 2. The molecule has 0 atom stereocenters. The second-order valence-electron chi connectivity index (χ2n) is 7.27. The highest BCUT2D eigenvalue weighted by Crippen LogP contribution is 2.12. The highest BCUT2D eigenvalue weighted by atomic mass is 16.6. The van der Waals surface area contributed by atoms with Gasteiger partial charge in [-0.15, -0.1) is 0 Å². The molecule has 0 heterocycles. The molecule has 4 nitrogen and oxygen atoms in total. The van der Waals surface area contributed by atoms with Crippen LogP contribution in [0.5, 0.6) is 0 Å². The molecule has 0 aromatic carbocycles. The van der Waals surface area contributed by atoms with E-state index in [1.165, 1.54) is 51.4 Å². The lowest BCUT2D eigenvalue weighted by Crippen LogP contribution is -2.21. The van der Waals surface area contributed by atoms with E-state index in [4.69, 9.17) is 9.47 Å². The van der Waals surface area contributed by atoms with Crippen LogP contribution in [0.15, 0.2) is 0 Å². The number of carbonyl (C=O) groups excluding carboxylic acids is 2. The maximum absolute atomic E-state index is 11.8. The molecule has 0 rings (SSSR count). The molecule has 4 heteroatoms. The fourth-order valence-corrected chi connectivity index (χ4v) is 3.08. The summed E-state index contributed by atoms with van der Waals surface area (Å²) >= 11 is 0. The second kappa shape index (κ2) is 18.7. The van der Waals surface area contributed by atoms with Crippen molar-refractivity contribution in [2.24, 2.45) is 0 Å². The monoisotopic (exact) mass is 370 g/mol. The van der Waals surface area contributed by atoms with E-state index in [9.17, 15) is 9.59 Å². The molecule has 0 bridgehead atoms. The van der Waals surface area contributed by atoms with Gasteiger partial charge in [0.25, 0.3) is 0 Å². The quantitative estimate of drug-likeness (QED) is 0.160. The molecule has 0 amide bonds. The molecule has 0 N–H and O–H groups in total. The second-order valence-corrected chi connectivity index (χ2v) is 7.27. The first-order valence-corrected chi connectivity index (χ1v) is 11.0. The molecule has 0 aromatic rings. The molecule has 154 valence electrons. The number of hydrogen-bond donors (Lipinski definition) is 0. The van der Waals surface area contributed by atoms with Gasteiger partial charge in [-0.25, -0.2) is 0 Å². The van der Waals surface area contributed by atoms with Gasteiger partial charge in [0.2, 0.25) is 0 Å². The Morgan fingerprint density at radius 2 is 1.15 bits per heavy atom. The van der Waals surface area contributed by atoms with Gasteiger partial charge in [0, 0.05) is 0 Å². The molecular formula is C22H42O4. The maximum Gasteiger partial charge on any atom is 0.317 e. The van der Waals surface area contributed by atoms with Crippen molar-refractivity contribution in [3.63, 3.8) is 0 Å². The predicted molar refractivity (Wildman–Crippen MR) is 107 cm³/mol. The smallest absolute Gasteiger partial charge is 0.317 e. The third kappa shape index (κ3) is 16.4. The average Bonchev–Trinajstić information content (AvgIpc) is 2.60. The number of rotatable bonds is 18. The van der Waals surface area contributed by atoms with Gasteiger partial charge >= 0.3 is 11.9 Å². The number of ether oxygens (including phenoxy) is 2. The van der Waals surface area contributed by atoms with Crippen molar-refractivity contribution < 1.29 is 19.1 Å². The molecule has 0 aromatic heterocycles. The van der Waals surface area contributed by atoms with Crippen LogP contribution in [0.4, 0.5) is 0 Å². The maximum atomic E-state index is 11.8. The molecular weight excluding hydrogens is 328 g/mol. The first-order valence-electron chi connectivity index (χ1n) is 11.0. The largest absolute Gasteiger partial charge is 0.465 e. The van der Waals surface area contributed by atoms with Crippen LogP contribution >= 0.6 is 0 Å². The van der Waals surface area contributed by atoms with Crippen LogP contribution in [-0.2, 0) is 19.1 Å². The van der Waals surface area contributed by atoms with Gasteiger partial charge in [0.15, 0.2) is 0 Å². The third-order valence-corrected chi connectivity index (χ3v) is 4.57. The van der Waals surface area contributed by atoms with Crippen molar-refractivity contribution in [2.75, 3.05) is 6.61 Å². The molecule has 0 saturated carbocycles. The highest BCUT2D eigenvalue weighted by molar-refractivity contribution is 5.91. The Hall–Kier alpha value is -1.06. The topological polar surface area (TPSA) is 52.6 Å². The van der Waals surface area contributed by atoms with Gasteiger partial charge in [-0.3, -0.25) is 9.59 Å². The van der Waals surface area contributed by atoms with Gasteiger partial charge < -0.3 is 9.47 Å². The summed E-state index contributed by atoms with van der Waals surface area (Å²) in [6.07, 6.45) is 15.8. The van der Waals surface area contributed by atoms with Crippen LogP contribution in [0, 0.1) is 0 Å². The number of esters is 2. The van der Waals surface area contributed by atoms with Crippen molar-refractivity contribution in [3.8, 4) is 0 Å². The molecule has 0 aliphatic heterocycles. The average molecular weight is 371 g/mol. The van der Waals surface area contributed by atoms with E-state index in [0.29, 0.717) is 6.61 Å². The van der Waals surface area contributed by atoms with Gasteiger partial charge in [-0.1, -0.05) is 91.4 Å². The summed E-state index contributed by atoms with van der Waals surface area (Å²) in [6, 6.07) is 0. The minimum Gasteiger partial charge on any atom is -0.465 e. The fourth-order valence-electron chi connectivity index (χ4n) is 3.08. The van der Waals surface area contributed by atoms with Crippen LogP contribution in [-0.4, -0.2) is 24.6 Å². The highest BCUT2D eigenvalue weighted by Gasteiger charge is 2.17. The zero-order valence-electron chi connectivity index (χ0n) is 17.5. The van der Waals surface area contributed by atoms with Crippen LogP contribution in [0.25, 0.3) is 0 Å². The predicted octanol–water partition coefficient (Wildman–Crippen LogP) is 6.35. The molecule has 0 saturated heterocycles. The Morgan fingerprint density at radius 1 is 0.654 bits per heavy atom. The summed E-state index contributed by atoms with van der Waals surface area (Å²) in [5.41, 5.74) is 0. The minimum atomic E-state index is -0.460. The Morgan fingerprint density at radius 3 is 1.65 bits per heavy atom. The van der Waals surface area contributed by atoms with E-state index < -0.39 is 11.9 Å². The van der Waals surface area contributed by atoms with Gasteiger partial charge in [-0.05, 0) is 19.3 Å². The zero-order valence-corrected chi connectivity index (χ0v) is 17.5. The molecule has 0 aliphatic carbocycles. The molecule has 0 aliphatic rings. The van der Waals surface area contributed by atoms with E-state index in [1.54, 1.807) is 0 Å². The molecule has 0 unspecified atom stereocenters. The first kappa shape index (κ1) is 24.9. The van der Waals surface area contributed by atoms with Gasteiger partial charge in [0.05, 0.1) is 6.61 Å². The van der Waals surface area contributed by atoms with Crippen LogP contribution in [0.2, 0.25) is 0 Å². The summed E-state index contributed by atoms with van der Waals surface area (Å²) < 4.78 is 10.5. The van der Waals surface area contributed by atoms with E-state index >= 15 is 0 Å². The van der Waals surface area contributed by atoms with E-state index in [2.05, 4.69) is 20.8 Å². The summed E-state index contributed by atoms with van der Waals surface area (Å²) in [4.78, 5) is 23.5. The SMILES string of the molecule is CCCCCCCCCCCCOC(=O)CC(=O)OC(CCC)CCC. The van der Waals surface area contributed by atoms with Crippen LogP contribution < -0.4 is 0 Å². The molecule has 0 fully saturated rings. The Kier molecular flexibility index (Phi) is 18.0. The van der Waals surface area contributed by atoms with Gasteiger partial charge in [-0.2, -0.15) is 0 Å². The summed E-state index contributed by atoms with van der Waals surface area (Å²) in [7, 11) is 0. The lowest BCUT2D eigenvalue weighted by atomic mass is 10.1. The lowest BCUT2D eigenvalue weighted by molar-refractivity contribution is -0.158. The summed E-state index contributed by atoms with van der Waals surface area (Å²) in [5, 5.41) is 0. The third-order valence-electron chi connectivity index (χ3n) is 4.57. The molecule has 26 heavy (non-hydrogen) atoms. The minimum absolute atomic E-state index is 0.0627. The zero-order chi connectivity index (χ0) is 19.5. The Bertz CT molecular complexity index is 335. The Balaban J connectivity index is 3.54. The van der Waals surface area contributed by atoms with Crippen molar-refractivity contribution in [2.45, 2.75) is 123 Å². The normalized spacial score (nSPS) is 10.9. The number of hydrogen-bond acceptors (Lipinski definition) is 4. The lowest BCUT2D eigenvalue weighted by Gasteiger charge is -2.16. The van der Waals surface area contributed by atoms with Crippen molar-refractivity contribution in [3.05, 3.63) is 0 Å². The standard InChI is InChI=1S/C22H42O4/c1-4-7-8-9-10-11-12-13-14-15-18-25-21(23)19-22(24)26-20(16-5-2)17-6-3/h20H,4-19H2,1-3H3. The first-order chi connectivity index (χ1) is 12.6. The van der Waals surface area contributed by atoms with Crippen LogP contribution in [0.1, 0.15) is 117 Å². The van der Waals surface area contributed by atoms with Gasteiger partial charge in [0.1, 0.15) is 12.5 Å². The summed E-state index contributed by atoms with van der Waals surface area (Å²) in [5.74, 6) is -0.914. The number of unbranched alkanes of at least 4 members (excludes halogenated alkanes) is 9. The Labute approximate surface area is 161 Å². The van der Waals surface area contributed by atoms with Crippen molar-refractivity contribution >= 4 is 11.9 Å².